The Labute approximate surface area is 182 Å². The number of ether oxygens (including phenoxy) is 1. The highest BCUT2D eigenvalue weighted by Crippen LogP contribution is 2.24. The molecule has 0 bridgehead atoms. The second-order valence-corrected chi connectivity index (χ2v) is 6.94. The van der Waals surface area contributed by atoms with E-state index in [9.17, 15) is 18.0 Å². The van der Waals surface area contributed by atoms with E-state index >= 15 is 0 Å². The Balaban J connectivity index is 1.57. The minimum atomic E-state index is -4.77. The number of amides is 2. The van der Waals surface area contributed by atoms with Gasteiger partial charge < -0.3 is 25.6 Å². The number of urea groups is 1. The van der Waals surface area contributed by atoms with Gasteiger partial charge in [0.15, 0.2) is 0 Å². The van der Waals surface area contributed by atoms with Crippen molar-refractivity contribution in [2.75, 3.05) is 34.9 Å². The fourth-order valence-electron chi connectivity index (χ4n) is 2.64. The summed E-state index contributed by atoms with van der Waals surface area (Å²) in [5.74, 6) is 0.847. The first-order chi connectivity index (χ1) is 15.1. The van der Waals surface area contributed by atoms with E-state index in [1.54, 1.807) is 24.3 Å². The Kier molecular flexibility index (Phi) is 6.67. The summed E-state index contributed by atoms with van der Waals surface area (Å²) < 4.78 is 40.4. The van der Waals surface area contributed by atoms with Crippen LogP contribution in [-0.4, -0.2) is 36.5 Å². The number of benzene rings is 2. The number of hydrogen-bond donors (Lipinski definition) is 3. The summed E-state index contributed by atoms with van der Waals surface area (Å²) in [5, 5.41) is 8.28. The largest absolute Gasteiger partial charge is 0.573 e. The lowest BCUT2D eigenvalue weighted by Gasteiger charge is -2.14. The van der Waals surface area contributed by atoms with Crippen LogP contribution in [0.25, 0.3) is 0 Å². The number of anilines is 5. The minimum absolute atomic E-state index is 0.309. The maximum atomic E-state index is 12.2. The number of rotatable bonds is 6. The van der Waals surface area contributed by atoms with Gasteiger partial charge in [-0.2, -0.15) is 4.98 Å². The van der Waals surface area contributed by atoms with Crippen molar-refractivity contribution in [1.82, 2.24) is 9.97 Å². The van der Waals surface area contributed by atoms with Crippen molar-refractivity contribution < 1.29 is 22.7 Å². The number of halogens is 3. The molecule has 1 heterocycles. The summed E-state index contributed by atoms with van der Waals surface area (Å²) in [6, 6.07) is 13.0. The molecule has 0 radical (unpaired) electrons. The molecule has 2 amide bonds. The lowest BCUT2D eigenvalue weighted by atomic mass is 10.3. The molecule has 3 rings (SSSR count). The van der Waals surface area contributed by atoms with E-state index < -0.39 is 12.4 Å². The van der Waals surface area contributed by atoms with Crippen molar-refractivity contribution in [2.24, 2.45) is 0 Å². The van der Waals surface area contributed by atoms with Gasteiger partial charge in [0.25, 0.3) is 0 Å². The Morgan fingerprint density at radius 1 is 0.906 bits per heavy atom. The van der Waals surface area contributed by atoms with E-state index in [2.05, 4.69) is 30.7 Å². The van der Waals surface area contributed by atoms with E-state index in [0.29, 0.717) is 17.3 Å². The highest BCUT2D eigenvalue weighted by Gasteiger charge is 2.30. The van der Waals surface area contributed by atoms with Crippen LogP contribution in [0.3, 0.4) is 0 Å². The topological polar surface area (TPSA) is 91.4 Å². The van der Waals surface area contributed by atoms with Crippen molar-refractivity contribution in [3.05, 3.63) is 60.3 Å². The second kappa shape index (κ2) is 9.41. The predicted octanol–water partition coefficient (Wildman–Crippen LogP) is 5.14. The van der Waals surface area contributed by atoms with Crippen LogP contribution in [0.4, 0.5) is 46.8 Å². The SMILES string of the molecule is Cc1cc(N(C)C)nc(Nc2ccc(NC(=O)Nc3ccc(OC(F)(F)F)cc3)cc2)n1. The predicted molar refractivity (Wildman–Crippen MR) is 117 cm³/mol. The van der Waals surface area contributed by atoms with Gasteiger partial charge in [0.05, 0.1) is 0 Å². The van der Waals surface area contributed by atoms with Gasteiger partial charge in [-0.3, -0.25) is 0 Å². The van der Waals surface area contributed by atoms with Crippen LogP contribution >= 0.6 is 0 Å². The van der Waals surface area contributed by atoms with Crippen LogP contribution in [0.5, 0.6) is 5.75 Å². The van der Waals surface area contributed by atoms with Crippen molar-refractivity contribution >= 4 is 34.9 Å². The number of alkyl halides is 3. The third-order valence-electron chi connectivity index (χ3n) is 4.04. The van der Waals surface area contributed by atoms with Gasteiger partial charge in [-0.05, 0) is 55.5 Å². The maximum Gasteiger partial charge on any atom is 0.573 e. The third kappa shape index (κ3) is 6.76. The maximum absolute atomic E-state index is 12.2. The van der Waals surface area contributed by atoms with E-state index in [1.165, 1.54) is 12.1 Å². The average Bonchev–Trinajstić information content (AvgIpc) is 2.69. The highest BCUT2D eigenvalue weighted by atomic mass is 19.4. The molecular formula is C21H21F3N6O2. The molecule has 0 aliphatic carbocycles. The quantitative estimate of drug-likeness (QED) is 0.486. The van der Waals surface area contributed by atoms with Crippen molar-refractivity contribution in [3.63, 3.8) is 0 Å². The monoisotopic (exact) mass is 446 g/mol. The number of nitrogens with zero attached hydrogens (tertiary/aromatic N) is 3. The normalized spacial score (nSPS) is 10.9. The van der Waals surface area contributed by atoms with Gasteiger partial charge in [0.2, 0.25) is 5.95 Å². The molecule has 0 aliphatic rings. The number of nitrogens with one attached hydrogen (secondary N) is 3. The summed E-state index contributed by atoms with van der Waals surface area (Å²) >= 11 is 0. The molecule has 0 saturated carbocycles. The molecule has 0 atom stereocenters. The first-order valence-electron chi connectivity index (χ1n) is 9.41. The molecule has 0 unspecified atom stereocenters. The fourth-order valence-corrected chi connectivity index (χ4v) is 2.64. The zero-order chi connectivity index (χ0) is 23.3. The molecule has 32 heavy (non-hydrogen) atoms. The van der Waals surface area contributed by atoms with Crippen molar-refractivity contribution in [2.45, 2.75) is 13.3 Å². The average molecular weight is 446 g/mol. The Morgan fingerprint density at radius 3 is 1.97 bits per heavy atom. The molecule has 3 N–H and O–H groups in total. The Bertz CT molecular complexity index is 1070. The van der Waals surface area contributed by atoms with Crippen LogP contribution in [0.2, 0.25) is 0 Å². The number of aryl methyl sites for hydroxylation is 1. The number of hydrogen-bond acceptors (Lipinski definition) is 6. The van der Waals surface area contributed by atoms with Crippen LogP contribution in [-0.2, 0) is 0 Å². The number of carbonyl (C=O) groups is 1. The summed E-state index contributed by atoms with van der Waals surface area (Å²) in [6.07, 6.45) is -4.77. The zero-order valence-corrected chi connectivity index (χ0v) is 17.5. The third-order valence-corrected chi connectivity index (χ3v) is 4.04. The smallest absolute Gasteiger partial charge is 0.406 e. The first kappa shape index (κ1) is 22.7. The lowest BCUT2D eigenvalue weighted by Crippen LogP contribution is -2.19. The standard InChI is InChI=1S/C21H21F3N6O2/c1-13-12-18(30(2)3)29-19(25-13)26-14-4-6-15(7-5-14)27-20(31)28-16-8-10-17(11-9-16)32-21(22,23)24/h4-12H,1-3H3,(H,25,26,29)(H2,27,28,31). The molecule has 0 saturated heterocycles. The van der Waals surface area contributed by atoms with Crippen LogP contribution in [0.15, 0.2) is 54.6 Å². The Morgan fingerprint density at radius 2 is 1.44 bits per heavy atom. The lowest BCUT2D eigenvalue weighted by molar-refractivity contribution is -0.274. The molecule has 3 aromatic rings. The molecule has 11 heteroatoms. The Hall–Kier alpha value is -4.02. The number of aromatic nitrogens is 2. The van der Waals surface area contributed by atoms with Gasteiger partial charge in [-0.15, -0.1) is 13.2 Å². The summed E-state index contributed by atoms with van der Waals surface area (Å²) in [5.41, 5.74) is 2.37. The molecule has 0 fully saturated rings. The number of carbonyl (C=O) groups excluding carboxylic acids is 1. The van der Waals surface area contributed by atoms with Gasteiger partial charge in [0.1, 0.15) is 11.6 Å². The highest BCUT2D eigenvalue weighted by molar-refractivity contribution is 5.99. The van der Waals surface area contributed by atoms with E-state index in [1.807, 2.05) is 32.0 Å². The van der Waals surface area contributed by atoms with Crippen LogP contribution in [0.1, 0.15) is 5.69 Å². The molecule has 0 aliphatic heterocycles. The second-order valence-electron chi connectivity index (χ2n) is 6.94. The first-order valence-corrected chi connectivity index (χ1v) is 9.41. The van der Waals surface area contributed by atoms with Gasteiger partial charge in [0, 0.05) is 42.9 Å². The summed E-state index contributed by atoms with van der Waals surface area (Å²) in [4.78, 5) is 22.8. The van der Waals surface area contributed by atoms with Gasteiger partial charge in [-0.25, -0.2) is 9.78 Å². The van der Waals surface area contributed by atoms with Crippen molar-refractivity contribution in [1.29, 1.82) is 0 Å². The molecule has 8 nitrogen and oxygen atoms in total. The van der Waals surface area contributed by atoms with E-state index in [-0.39, 0.29) is 5.75 Å². The van der Waals surface area contributed by atoms with Gasteiger partial charge >= 0.3 is 12.4 Å². The minimum Gasteiger partial charge on any atom is -0.406 e. The van der Waals surface area contributed by atoms with E-state index in [4.69, 9.17) is 0 Å². The molecule has 2 aromatic carbocycles. The van der Waals surface area contributed by atoms with Gasteiger partial charge in [-0.1, -0.05) is 0 Å². The molecule has 168 valence electrons. The molecule has 1 aromatic heterocycles. The fraction of sp³-hybridized carbons (Fsp3) is 0.190. The summed E-state index contributed by atoms with van der Waals surface area (Å²) in [6.45, 7) is 1.88. The molecule has 0 spiro atoms. The molecular weight excluding hydrogens is 425 g/mol. The van der Waals surface area contributed by atoms with Crippen molar-refractivity contribution in [3.8, 4) is 5.75 Å². The van der Waals surface area contributed by atoms with Crippen LogP contribution in [0, 0.1) is 6.92 Å². The summed E-state index contributed by atoms with van der Waals surface area (Å²) in [7, 11) is 3.78. The van der Waals surface area contributed by atoms with E-state index in [0.717, 1.165) is 29.3 Å². The van der Waals surface area contributed by atoms with Crippen LogP contribution < -0.4 is 25.6 Å². The zero-order valence-electron chi connectivity index (χ0n) is 17.5.